The highest BCUT2D eigenvalue weighted by atomic mass is 16.3. The van der Waals surface area contributed by atoms with E-state index in [0.29, 0.717) is 6.42 Å². The second-order valence-corrected chi connectivity index (χ2v) is 4.76. The number of imidazole rings is 1. The first-order valence-corrected chi connectivity index (χ1v) is 6.88. The minimum Gasteiger partial charge on any atom is -0.393 e. The Morgan fingerprint density at radius 3 is 2.78 bits per heavy atom. The highest BCUT2D eigenvalue weighted by Gasteiger charge is 2.13. The smallest absolute Gasteiger partial charge is 0.112 e. The van der Waals surface area contributed by atoms with Crippen LogP contribution in [0.1, 0.15) is 38.9 Å². The lowest BCUT2D eigenvalue weighted by molar-refractivity contribution is 0.158. The first-order valence-electron chi connectivity index (χ1n) is 6.88. The number of para-hydroxylation sites is 2. The van der Waals surface area contributed by atoms with Gasteiger partial charge in [0.1, 0.15) is 5.82 Å². The lowest BCUT2D eigenvalue weighted by Crippen LogP contribution is -2.14. The summed E-state index contributed by atoms with van der Waals surface area (Å²) in [7, 11) is 0. The normalized spacial score (nSPS) is 13.1. The van der Waals surface area contributed by atoms with E-state index in [1.807, 2.05) is 18.2 Å². The molecule has 0 aliphatic carbocycles. The van der Waals surface area contributed by atoms with Crippen molar-refractivity contribution in [3.8, 4) is 0 Å². The SMILES string of the molecule is CCCCC(O)Cc1nc2ccccc2n1CC. The number of aliphatic hydroxyl groups is 1. The van der Waals surface area contributed by atoms with Gasteiger partial charge in [-0.2, -0.15) is 0 Å². The summed E-state index contributed by atoms with van der Waals surface area (Å²) in [6, 6.07) is 8.16. The van der Waals surface area contributed by atoms with Gasteiger partial charge in [0.25, 0.3) is 0 Å². The zero-order valence-electron chi connectivity index (χ0n) is 11.3. The van der Waals surface area contributed by atoms with Gasteiger partial charge in [-0.3, -0.25) is 0 Å². The lowest BCUT2D eigenvalue weighted by Gasteiger charge is -2.11. The van der Waals surface area contributed by atoms with Gasteiger partial charge in [-0.25, -0.2) is 4.98 Å². The zero-order chi connectivity index (χ0) is 13.0. The van der Waals surface area contributed by atoms with Gasteiger partial charge in [-0.15, -0.1) is 0 Å². The number of hydrogen-bond acceptors (Lipinski definition) is 2. The molecular formula is C15H22N2O. The maximum atomic E-state index is 10.0. The predicted octanol–water partition coefficient (Wildman–Crippen LogP) is 3.15. The Bertz CT molecular complexity index is 504. The molecule has 1 atom stereocenters. The van der Waals surface area contributed by atoms with E-state index in [1.54, 1.807) is 0 Å². The van der Waals surface area contributed by atoms with Gasteiger partial charge in [-0.1, -0.05) is 31.9 Å². The Morgan fingerprint density at radius 2 is 2.06 bits per heavy atom. The first kappa shape index (κ1) is 13.1. The van der Waals surface area contributed by atoms with E-state index in [2.05, 4.69) is 29.5 Å². The minimum atomic E-state index is -0.271. The molecule has 1 unspecified atom stereocenters. The van der Waals surface area contributed by atoms with E-state index in [9.17, 15) is 5.11 Å². The number of benzene rings is 1. The summed E-state index contributed by atoms with van der Waals surface area (Å²) in [6.07, 6.45) is 3.45. The molecule has 1 aromatic heterocycles. The number of nitrogens with zero attached hydrogens (tertiary/aromatic N) is 2. The van der Waals surface area contributed by atoms with Crippen molar-refractivity contribution in [1.29, 1.82) is 0 Å². The Balaban J connectivity index is 2.21. The van der Waals surface area contributed by atoms with Crippen molar-refractivity contribution in [3.63, 3.8) is 0 Å². The summed E-state index contributed by atoms with van der Waals surface area (Å²) in [5.41, 5.74) is 2.19. The van der Waals surface area contributed by atoms with Crippen molar-refractivity contribution in [2.75, 3.05) is 0 Å². The van der Waals surface area contributed by atoms with Crippen molar-refractivity contribution in [1.82, 2.24) is 9.55 Å². The quantitative estimate of drug-likeness (QED) is 0.850. The lowest BCUT2D eigenvalue weighted by atomic mass is 10.1. The van der Waals surface area contributed by atoms with E-state index in [4.69, 9.17) is 0 Å². The second kappa shape index (κ2) is 6.01. The molecule has 3 nitrogen and oxygen atoms in total. The highest BCUT2D eigenvalue weighted by molar-refractivity contribution is 5.75. The molecule has 0 aliphatic rings. The van der Waals surface area contributed by atoms with Crippen molar-refractivity contribution < 1.29 is 5.11 Å². The molecule has 0 amide bonds. The van der Waals surface area contributed by atoms with Crippen LogP contribution in [0.15, 0.2) is 24.3 Å². The third-order valence-electron chi connectivity index (χ3n) is 3.36. The van der Waals surface area contributed by atoms with Gasteiger partial charge < -0.3 is 9.67 Å². The van der Waals surface area contributed by atoms with Crippen LogP contribution >= 0.6 is 0 Å². The van der Waals surface area contributed by atoms with Crippen LogP contribution in [0.2, 0.25) is 0 Å². The molecule has 98 valence electrons. The van der Waals surface area contributed by atoms with E-state index in [-0.39, 0.29) is 6.10 Å². The van der Waals surface area contributed by atoms with Gasteiger partial charge in [0.05, 0.1) is 17.1 Å². The Hall–Kier alpha value is -1.35. The van der Waals surface area contributed by atoms with Gasteiger partial charge >= 0.3 is 0 Å². The molecule has 1 heterocycles. The molecule has 1 aromatic carbocycles. The third-order valence-corrected chi connectivity index (χ3v) is 3.36. The van der Waals surface area contributed by atoms with Gasteiger partial charge in [0.2, 0.25) is 0 Å². The van der Waals surface area contributed by atoms with Gasteiger partial charge in [0.15, 0.2) is 0 Å². The highest BCUT2D eigenvalue weighted by Crippen LogP contribution is 2.18. The molecule has 0 saturated carbocycles. The number of fused-ring (bicyclic) bond motifs is 1. The van der Waals surface area contributed by atoms with Crippen LogP contribution in [0, 0.1) is 0 Å². The summed E-state index contributed by atoms with van der Waals surface area (Å²) in [6.45, 7) is 5.17. The van der Waals surface area contributed by atoms with Crippen LogP contribution in [0.5, 0.6) is 0 Å². The van der Waals surface area contributed by atoms with Crippen LogP contribution in [-0.2, 0) is 13.0 Å². The number of aromatic nitrogens is 2. The Kier molecular flexibility index (Phi) is 4.37. The molecule has 1 N–H and O–H groups in total. The molecule has 0 saturated heterocycles. The molecule has 0 fully saturated rings. The average Bonchev–Trinajstić information content (AvgIpc) is 2.73. The number of hydrogen-bond donors (Lipinski definition) is 1. The fourth-order valence-electron chi connectivity index (χ4n) is 2.39. The molecule has 0 aliphatic heterocycles. The number of rotatable bonds is 6. The van der Waals surface area contributed by atoms with Crippen molar-refractivity contribution in [2.45, 2.75) is 52.2 Å². The average molecular weight is 246 g/mol. The van der Waals surface area contributed by atoms with Gasteiger partial charge in [-0.05, 0) is 25.5 Å². The van der Waals surface area contributed by atoms with E-state index < -0.39 is 0 Å². The summed E-state index contributed by atoms with van der Waals surface area (Å²) in [4.78, 5) is 4.63. The fraction of sp³-hybridized carbons (Fsp3) is 0.533. The monoisotopic (exact) mass is 246 g/mol. The molecule has 18 heavy (non-hydrogen) atoms. The summed E-state index contributed by atoms with van der Waals surface area (Å²) >= 11 is 0. The molecule has 2 rings (SSSR count). The standard InChI is InChI=1S/C15H22N2O/c1-3-5-8-12(18)11-15-16-13-9-6-7-10-14(13)17(15)4-2/h6-7,9-10,12,18H,3-5,8,11H2,1-2H3. The van der Waals surface area contributed by atoms with Crippen molar-refractivity contribution in [2.24, 2.45) is 0 Å². The topological polar surface area (TPSA) is 38.1 Å². The van der Waals surface area contributed by atoms with E-state index in [0.717, 1.165) is 42.7 Å². The zero-order valence-corrected chi connectivity index (χ0v) is 11.3. The largest absolute Gasteiger partial charge is 0.393 e. The third kappa shape index (κ3) is 2.72. The summed E-state index contributed by atoms with van der Waals surface area (Å²) in [5, 5.41) is 10.0. The number of aliphatic hydroxyl groups excluding tert-OH is 1. The first-order chi connectivity index (χ1) is 8.76. The summed E-state index contributed by atoms with van der Waals surface area (Å²) in [5.74, 6) is 1.00. The van der Waals surface area contributed by atoms with Crippen LogP contribution in [0.25, 0.3) is 11.0 Å². The second-order valence-electron chi connectivity index (χ2n) is 4.76. The van der Waals surface area contributed by atoms with Crippen molar-refractivity contribution in [3.05, 3.63) is 30.1 Å². The maximum Gasteiger partial charge on any atom is 0.112 e. The minimum absolute atomic E-state index is 0.271. The van der Waals surface area contributed by atoms with Crippen molar-refractivity contribution >= 4 is 11.0 Å². The summed E-state index contributed by atoms with van der Waals surface area (Å²) < 4.78 is 2.20. The molecule has 0 bridgehead atoms. The fourth-order valence-corrected chi connectivity index (χ4v) is 2.39. The van der Waals surface area contributed by atoms with Crippen LogP contribution in [0.4, 0.5) is 0 Å². The van der Waals surface area contributed by atoms with E-state index in [1.165, 1.54) is 0 Å². The molecule has 2 aromatic rings. The molecule has 3 heteroatoms. The Labute approximate surface area is 108 Å². The molecule has 0 radical (unpaired) electrons. The molecule has 0 spiro atoms. The van der Waals surface area contributed by atoms with E-state index >= 15 is 0 Å². The Morgan fingerprint density at radius 1 is 1.28 bits per heavy atom. The van der Waals surface area contributed by atoms with Crippen LogP contribution < -0.4 is 0 Å². The molecular weight excluding hydrogens is 224 g/mol. The maximum absolute atomic E-state index is 10.0. The van der Waals surface area contributed by atoms with Crippen LogP contribution in [-0.4, -0.2) is 20.8 Å². The van der Waals surface area contributed by atoms with Gasteiger partial charge in [0, 0.05) is 13.0 Å². The number of unbranched alkanes of at least 4 members (excludes halogenated alkanes) is 1. The predicted molar refractivity (Wildman–Crippen MR) is 74.6 cm³/mol. The number of aryl methyl sites for hydroxylation is 1. The van der Waals surface area contributed by atoms with Crippen LogP contribution in [0.3, 0.4) is 0 Å².